The number of rotatable bonds is 11. The zero-order chi connectivity index (χ0) is 21.2. The van der Waals surface area contributed by atoms with E-state index in [-0.39, 0.29) is 6.42 Å². The fourth-order valence-corrected chi connectivity index (χ4v) is 5.82. The van der Waals surface area contributed by atoms with Crippen LogP contribution in [0.15, 0.2) is 42.2 Å². The van der Waals surface area contributed by atoms with Gasteiger partial charge < -0.3 is 13.9 Å². The van der Waals surface area contributed by atoms with Gasteiger partial charge in [0.25, 0.3) is 0 Å². The molecular formula is C21H31FO5Si. The summed E-state index contributed by atoms with van der Waals surface area (Å²) in [6.07, 6.45) is 0.219. The van der Waals surface area contributed by atoms with Crippen molar-refractivity contribution in [2.45, 2.75) is 51.4 Å². The van der Waals surface area contributed by atoms with Crippen LogP contribution in [0.5, 0.6) is 0 Å². The van der Waals surface area contributed by atoms with E-state index in [1.165, 1.54) is 20.3 Å². The first-order valence-corrected chi connectivity index (χ1v) is 12.1. The molecule has 1 aromatic rings. The molecule has 0 bridgehead atoms. The number of ether oxygens (including phenoxy) is 2. The lowest BCUT2D eigenvalue weighted by molar-refractivity contribution is -0.158. The van der Waals surface area contributed by atoms with Gasteiger partial charge in [-0.3, -0.25) is 9.59 Å². The van der Waals surface area contributed by atoms with E-state index < -0.39 is 38.1 Å². The monoisotopic (exact) mass is 410 g/mol. The summed E-state index contributed by atoms with van der Waals surface area (Å²) in [4.78, 5) is 23.7. The van der Waals surface area contributed by atoms with Crippen molar-refractivity contribution in [1.29, 1.82) is 0 Å². The highest BCUT2D eigenvalue weighted by molar-refractivity contribution is 6.73. The van der Waals surface area contributed by atoms with Gasteiger partial charge in [-0.05, 0) is 36.2 Å². The Morgan fingerprint density at radius 3 is 1.93 bits per heavy atom. The summed E-state index contributed by atoms with van der Waals surface area (Å²) >= 11 is 0. The summed E-state index contributed by atoms with van der Waals surface area (Å²) < 4.78 is 30.9. The van der Waals surface area contributed by atoms with Gasteiger partial charge in [-0.25, -0.2) is 4.39 Å². The lowest BCUT2D eigenvalue weighted by atomic mass is 10.0. The van der Waals surface area contributed by atoms with Gasteiger partial charge in [-0.2, -0.15) is 0 Å². The van der Waals surface area contributed by atoms with Gasteiger partial charge in [0.05, 0.1) is 14.2 Å². The number of halogens is 1. The van der Waals surface area contributed by atoms with Crippen molar-refractivity contribution in [2.75, 3.05) is 14.2 Å². The average Bonchev–Trinajstić information content (AvgIpc) is 2.75. The van der Waals surface area contributed by atoms with E-state index in [2.05, 4.69) is 30.2 Å². The summed E-state index contributed by atoms with van der Waals surface area (Å²) in [5, 5.41) is 0. The number of allylic oxidation sites excluding steroid dienone is 1. The van der Waals surface area contributed by atoms with E-state index in [1.807, 2.05) is 30.3 Å². The van der Waals surface area contributed by atoms with Gasteiger partial charge in [0.2, 0.25) is 0 Å². The number of carbonyl (C=O) groups is 2. The zero-order valence-electron chi connectivity index (χ0n) is 17.4. The Hall–Kier alpha value is -1.99. The zero-order valence-corrected chi connectivity index (χ0v) is 18.4. The molecule has 28 heavy (non-hydrogen) atoms. The number of benzene rings is 1. The molecule has 0 heterocycles. The highest BCUT2D eigenvalue weighted by Crippen LogP contribution is 2.35. The minimum Gasteiger partial charge on any atom is -0.468 e. The Labute approximate surface area is 168 Å². The first kappa shape index (κ1) is 24.0. The summed E-state index contributed by atoms with van der Waals surface area (Å²) in [6, 6.07) is 11.8. The minimum absolute atomic E-state index is 0.156. The molecule has 0 aliphatic heterocycles. The van der Waals surface area contributed by atoms with Crippen molar-refractivity contribution in [1.82, 2.24) is 0 Å². The molecule has 0 fully saturated rings. The third-order valence-corrected chi connectivity index (χ3v) is 9.78. The molecule has 5 nitrogen and oxygen atoms in total. The van der Waals surface area contributed by atoms with E-state index in [0.717, 1.165) is 18.1 Å². The molecule has 0 radical (unpaired) electrons. The third-order valence-electron chi connectivity index (χ3n) is 5.17. The number of hydrogen-bond donors (Lipinski definition) is 0. The Morgan fingerprint density at radius 1 is 1.00 bits per heavy atom. The fourth-order valence-electron chi connectivity index (χ4n) is 3.07. The third kappa shape index (κ3) is 6.27. The first-order chi connectivity index (χ1) is 13.4. The number of hydrogen-bond acceptors (Lipinski definition) is 5. The Morgan fingerprint density at radius 2 is 1.50 bits per heavy atom. The summed E-state index contributed by atoms with van der Waals surface area (Å²) in [5.41, 5.74) is 0.705. The van der Waals surface area contributed by atoms with Crippen LogP contribution < -0.4 is 0 Å². The molecule has 0 aliphatic carbocycles. The minimum atomic E-state index is -2.10. The maximum Gasteiger partial charge on any atom is 0.320 e. The highest BCUT2D eigenvalue weighted by atomic mass is 28.4. The van der Waals surface area contributed by atoms with Crippen molar-refractivity contribution in [3.05, 3.63) is 47.8 Å². The van der Waals surface area contributed by atoms with Crippen LogP contribution in [0.4, 0.5) is 4.39 Å². The molecule has 0 saturated carbocycles. The van der Waals surface area contributed by atoms with Crippen molar-refractivity contribution < 1.29 is 27.9 Å². The second-order valence-electron chi connectivity index (χ2n) is 6.58. The lowest BCUT2D eigenvalue weighted by Crippen LogP contribution is -2.37. The number of methoxy groups -OCH3 is 2. The molecule has 156 valence electrons. The van der Waals surface area contributed by atoms with Gasteiger partial charge in [0.1, 0.15) is 11.9 Å². The molecule has 0 amide bonds. The van der Waals surface area contributed by atoms with Crippen LogP contribution in [-0.4, -0.2) is 34.5 Å². The van der Waals surface area contributed by atoms with E-state index >= 15 is 4.39 Å². The molecule has 0 saturated heterocycles. The van der Waals surface area contributed by atoms with Crippen LogP contribution in [0.2, 0.25) is 18.1 Å². The Balaban J connectivity index is 3.20. The Bertz CT molecular complexity index is 634. The predicted molar refractivity (Wildman–Crippen MR) is 109 cm³/mol. The Kier molecular flexibility index (Phi) is 10.1. The number of esters is 2. The second-order valence-corrected chi connectivity index (χ2v) is 11.3. The molecule has 1 unspecified atom stereocenters. The van der Waals surface area contributed by atoms with Crippen LogP contribution in [0, 0.1) is 5.92 Å². The first-order valence-electron chi connectivity index (χ1n) is 9.61. The predicted octanol–water partition coefficient (Wildman–Crippen LogP) is 4.96. The fraction of sp³-hybridized carbons (Fsp3) is 0.524. The van der Waals surface area contributed by atoms with Gasteiger partial charge in [-0.15, -0.1) is 0 Å². The van der Waals surface area contributed by atoms with Gasteiger partial charge >= 0.3 is 11.9 Å². The van der Waals surface area contributed by atoms with Gasteiger partial charge in [0, 0.05) is 0 Å². The SMILES string of the molecule is CC[Si](CC)(CC)OC(C(F)=CCC(C(=O)OC)C(=O)OC)c1ccccc1. The van der Waals surface area contributed by atoms with Crippen LogP contribution in [-0.2, 0) is 23.5 Å². The molecule has 0 aliphatic rings. The molecule has 1 aromatic carbocycles. The van der Waals surface area contributed by atoms with Gasteiger partial charge in [0.15, 0.2) is 14.2 Å². The molecule has 1 atom stereocenters. The highest BCUT2D eigenvalue weighted by Gasteiger charge is 2.35. The summed E-state index contributed by atoms with van der Waals surface area (Å²) in [7, 11) is 0.253. The molecule has 1 rings (SSSR count). The molecule has 0 N–H and O–H groups in total. The van der Waals surface area contributed by atoms with Gasteiger partial charge in [-0.1, -0.05) is 51.1 Å². The quantitative estimate of drug-likeness (QED) is 0.293. The van der Waals surface area contributed by atoms with E-state index in [9.17, 15) is 9.59 Å². The van der Waals surface area contributed by atoms with Crippen molar-refractivity contribution in [2.24, 2.45) is 5.92 Å². The second kappa shape index (κ2) is 11.8. The summed E-state index contributed by atoms with van der Waals surface area (Å²) in [5.74, 6) is -3.24. The molecule has 0 aromatic heterocycles. The average molecular weight is 411 g/mol. The van der Waals surface area contributed by atoms with Crippen molar-refractivity contribution in [3.63, 3.8) is 0 Å². The van der Waals surface area contributed by atoms with Crippen molar-refractivity contribution in [3.8, 4) is 0 Å². The molecule has 7 heteroatoms. The molecule has 0 spiro atoms. The topological polar surface area (TPSA) is 61.8 Å². The van der Waals surface area contributed by atoms with E-state index in [0.29, 0.717) is 5.56 Å². The van der Waals surface area contributed by atoms with Crippen molar-refractivity contribution >= 4 is 20.3 Å². The van der Waals surface area contributed by atoms with Crippen LogP contribution >= 0.6 is 0 Å². The standard InChI is InChI=1S/C21H31FO5Si/c1-6-28(7-2,8-3)27-19(16-12-10-9-11-13-16)18(22)15-14-17(20(23)25-4)21(24)26-5/h9-13,15,17,19H,6-8,14H2,1-5H3. The smallest absolute Gasteiger partial charge is 0.320 e. The lowest BCUT2D eigenvalue weighted by Gasteiger charge is -2.33. The maximum atomic E-state index is 15.2. The van der Waals surface area contributed by atoms with Crippen LogP contribution in [0.25, 0.3) is 0 Å². The number of carbonyl (C=O) groups excluding carboxylic acids is 2. The van der Waals surface area contributed by atoms with Crippen LogP contribution in [0.3, 0.4) is 0 Å². The van der Waals surface area contributed by atoms with E-state index in [1.54, 1.807) is 0 Å². The van der Waals surface area contributed by atoms with E-state index in [4.69, 9.17) is 4.43 Å². The molecular weight excluding hydrogens is 379 g/mol. The maximum absolute atomic E-state index is 15.2. The largest absolute Gasteiger partial charge is 0.468 e. The summed E-state index contributed by atoms with van der Waals surface area (Å²) in [6.45, 7) is 6.23. The van der Waals surface area contributed by atoms with Crippen LogP contribution in [0.1, 0.15) is 38.9 Å². The normalized spacial score (nSPS) is 13.3.